The van der Waals surface area contributed by atoms with Gasteiger partial charge < -0.3 is 9.22 Å². The smallest absolute Gasteiger partial charge is 0.200 e. The monoisotopic (exact) mass is 314 g/mol. The Morgan fingerprint density at radius 1 is 0.905 bits per heavy atom. The summed E-state index contributed by atoms with van der Waals surface area (Å²) >= 11 is 0. The van der Waals surface area contributed by atoms with Gasteiger partial charge in [0.15, 0.2) is 8.32 Å². The third-order valence-electron chi connectivity index (χ3n) is 4.79. The quantitative estimate of drug-likeness (QED) is 0.347. The number of rotatable bonds is 11. The van der Waals surface area contributed by atoms with Crippen LogP contribution in [0, 0.1) is 5.92 Å². The van der Waals surface area contributed by atoms with Crippen LogP contribution in [0.5, 0.6) is 0 Å². The molecule has 0 aliphatic heterocycles. The van der Waals surface area contributed by atoms with E-state index in [0.29, 0.717) is 28.3 Å². The lowest BCUT2D eigenvalue weighted by Crippen LogP contribution is -2.47. The van der Waals surface area contributed by atoms with Crippen molar-refractivity contribution in [1.29, 1.82) is 0 Å². The molecule has 0 fully saturated rings. The van der Waals surface area contributed by atoms with E-state index in [-0.39, 0.29) is 0 Å². The molecule has 0 aliphatic carbocycles. The van der Waals surface area contributed by atoms with Crippen molar-refractivity contribution in [3.05, 3.63) is 0 Å². The van der Waals surface area contributed by atoms with E-state index in [0.717, 1.165) is 25.9 Å². The Hall–Kier alpha value is -0.153. The molecule has 0 aliphatic rings. The van der Waals surface area contributed by atoms with Crippen LogP contribution in [-0.4, -0.2) is 20.7 Å². The van der Waals surface area contributed by atoms with Crippen molar-refractivity contribution in [1.82, 2.24) is 0 Å². The third-order valence-corrected chi connectivity index (χ3v) is 10.9. The van der Waals surface area contributed by atoms with Gasteiger partial charge in [-0.15, -0.1) is 0 Å². The maximum atomic E-state index is 11.1. The Kier molecular flexibility index (Phi) is 9.71. The van der Waals surface area contributed by atoms with Crippen LogP contribution in [0.15, 0.2) is 0 Å². The summed E-state index contributed by atoms with van der Waals surface area (Å²) in [5.41, 5.74) is 1.98. The zero-order valence-electron chi connectivity index (χ0n) is 15.7. The first kappa shape index (κ1) is 20.8. The van der Waals surface area contributed by atoms with Crippen molar-refractivity contribution < 1.29 is 9.22 Å². The SMILES string of the molecule is CC(=O)C[C@@H](C)CCCCO[Si](C(C)C)(C(C)C)C(C)C. The van der Waals surface area contributed by atoms with Crippen LogP contribution in [0.2, 0.25) is 16.6 Å². The number of carbonyl (C=O) groups excluding carboxylic acids is 1. The molecule has 0 unspecified atom stereocenters. The van der Waals surface area contributed by atoms with Crippen LogP contribution < -0.4 is 0 Å². The van der Waals surface area contributed by atoms with Gasteiger partial charge in [0.2, 0.25) is 0 Å². The van der Waals surface area contributed by atoms with Crippen LogP contribution in [0.4, 0.5) is 0 Å². The molecule has 0 saturated heterocycles. The van der Waals surface area contributed by atoms with Crippen molar-refractivity contribution in [3.8, 4) is 0 Å². The molecular formula is C18H38O2Si. The van der Waals surface area contributed by atoms with E-state index >= 15 is 0 Å². The topological polar surface area (TPSA) is 26.3 Å². The number of ketones is 1. The van der Waals surface area contributed by atoms with Gasteiger partial charge in [0.25, 0.3) is 0 Å². The minimum Gasteiger partial charge on any atom is -0.416 e. The Bertz CT molecular complexity index is 276. The number of Topliss-reactive ketones (excluding diaryl/α,β-unsaturated/α-hetero) is 1. The van der Waals surface area contributed by atoms with Crippen LogP contribution >= 0.6 is 0 Å². The lowest BCUT2D eigenvalue weighted by Gasteiger charge is -2.42. The van der Waals surface area contributed by atoms with Crippen molar-refractivity contribution in [2.45, 2.75) is 97.7 Å². The van der Waals surface area contributed by atoms with Crippen LogP contribution in [0.3, 0.4) is 0 Å². The molecule has 0 radical (unpaired) electrons. The minimum atomic E-state index is -1.69. The number of carbonyl (C=O) groups is 1. The first-order chi connectivity index (χ1) is 9.64. The Morgan fingerprint density at radius 3 is 1.76 bits per heavy atom. The maximum Gasteiger partial charge on any atom is 0.200 e. The summed E-state index contributed by atoms with van der Waals surface area (Å²) in [5, 5.41) is 0. The van der Waals surface area contributed by atoms with E-state index in [1.54, 1.807) is 6.92 Å². The molecule has 2 nitrogen and oxygen atoms in total. The third kappa shape index (κ3) is 6.64. The zero-order valence-corrected chi connectivity index (χ0v) is 16.7. The fraction of sp³-hybridized carbons (Fsp3) is 0.944. The van der Waals surface area contributed by atoms with Crippen molar-refractivity contribution in [3.63, 3.8) is 0 Å². The number of unbranched alkanes of at least 4 members (excludes halogenated alkanes) is 1. The highest BCUT2D eigenvalue weighted by molar-refractivity contribution is 6.77. The molecule has 3 heteroatoms. The lowest BCUT2D eigenvalue weighted by molar-refractivity contribution is -0.117. The molecule has 0 aromatic rings. The fourth-order valence-electron chi connectivity index (χ4n) is 3.94. The zero-order chi connectivity index (χ0) is 16.6. The average molecular weight is 315 g/mol. The second-order valence-electron chi connectivity index (χ2n) is 7.67. The number of hydrogen-bond acceptors (Lipinski definition) is 2. The van der Waals surface area contributed by atoms with E-state index in [4.69, 9.17) is 4.43 Å². The van der Waals surface area contributed by atoms with E-state index in [2.05, 4.69) is 48.5 Å². The Balaban J connectivity index is 4.25. The number of hydrogen-bond donors (Lipinski definition) is 0. The van der Waals surface area contributed by atoms with Crippen LogP contribution in [0.25, 0.3) is 0 Å². The van der Waals surface area contributed by atoms with Gasteiger partial charge in [0, 0.05) is 13.0 Å². The van der Waals surface area contributed by atoms with Crippen molar-refractivity contribution in [2.75, 3.05) is 6.61 Å². The molecule has 0 amide bonds. The molecule has 0 spiro atoms. The van der Waals surface area contributed by atoms with Gasteiger partial charge in [-0.1, -0.05) is 61.3 Å². The molecule has 21 heavy (non-hydrogen) atoms. The van der Waals surface area contributed by atoms with Gasteiger partial charge in [0.1, 0.15) is 5.78 Å². The van der Waals surface area contributed by atoms with E-state index in [1.807, 2.05) is 0 Å². The normalized spacial score (nSPS) is 14.2. The van der Waals surface area contributed by atoms with E-state index in [1.165, 1.54) is 6.42 Å². The molecule has 1 atom stereocenters. The molecule has 0 saturated carbocycles. The summed E-state index contributed by atoms with van der Waals surface area (Å²) in [6.07, 6.45) is 4.17. The molecule has 0 bridgehead atoms. The molecular weight excluding hydrogens is 276 g/mol. The molecule has 0 heterocycles. The van der Waals surface area contributed by atoms with Gasteiger partial charge in [-0.05, 0) is 35.9 Å². The molecule has 0 rings (SSSR count). The molecule has 0 aromatic carbocycles. The van der Waals surface area contributed by atoms with Crippen LogP contribution in [-0.2, 0) is 9.22 Å². The molecule has 0 N–H and O–H groups in total. The Labute approximate surface area is 134 Å². The van der Waals surface area contributed by atoms with Gasteiger partial charge >= 0.3 is 0 Å². The fourth-order valence-corrected chi connectivity index (χ4v) is 9.43. The standard InChI is InChI=1S/C18H38O2Si/c1-14(2)21(15(3)4,16(5)6)20-12-10-9-11-17(7)13-18(8)19/h14-17H,9-13H2,1-8H3/t17-/m0/s1. The van der Waals surface area contributed by atoms with Crippen molar-refractivity contribution in [2.24, 2.45) is 5.92 Å². The van der Waals surface area contributed by atoms with Crippen LogP contribution in [0.1, 0.15) is 81.1 Å². The molecule has 126 valence electrons. The summed E-state index contributed by atoms with van der Waals surface area (Å²) in [7, 11) is -1.69. The van der Waals surface area contributed by atoms with Gasteiger partial charge in [-0.25, -0.2) is 0 Å². The first-order valence-electron chi connectivity index (χ1n) is 8.77. The Morgan fingerprint density at radius 2 is 1.38 bits per heavy atom. The van der Waals surface area contributed by atoms with Gasteiger partial charge in [-0.3, -0.25) is 0 Å². The highest BCUT2D eigenvalue weighted by Crippen LogP contribution is 2.42. The largest absolute Gasteiger partial charge is 0.416 e. The van der Waals surface area contributed by atoms with Crippen molar-refractivity contribution >= 4 is 14.1 Å². The first-order valence-corrected chi connectivity index (χ1v) is 10.9. The maximum absolute atomic E-state index is 11.1. The second-order valence-corrected chi connectivity index (χ2v) is 13.1. The summed E-state index contributed by atoms with van der Waals surface area (Å²) < 4.78 is 6.55. The highest BCUT2D eigenvalue weighted by Gasteiger charge is 2.44. The lowest BCUT2D eigenvalue weighted by atomic mass is 9.99. The van der Waals surface area contributed by atoms with E-state index < -0.39 is 8.32 Å². The van der Waals surface area contributed by atoms with E-state index in [9.17, 15) is 4.79 Å². The molecule has 0 aromatic heterocycles. The summed E-state index contributed by atoms with van der Waals surface area (Å²) in [6, 6.07) is 0. The average Bonchev–Trinajstić information content (AvgIpc) is 2.31. The predicted octanol–water partition coefficient (Wildman–Crippen LogP) is 5.96. The van der Waals surface area contributed by atoms with Gasteiger partial charge in [-0.2, -0.15) is 0 Å². The van der Waals surface area contributed by atoms with Gasteiger partial charge in [0.05, 0.1) is 0 Å². The predicted molar refractivity (Wildman–Crippen MR) is 95.3 cm³/mol. The summed E-state index contributed by atoms with van der Waals surface area (Å²) in [6.45, 7) is 18.8. The summed E-state index contributed by atoms with van der Waals surface area (Å²) in [4.78, 5) is 11.1. The second kappa shape index (κ2) is 9.78. The highest BCUT2D eigenvalue weighted by atomic mass is 28.4. The minimum absolute atomic E-state index is 0.310. The summed E-state index contributed by atoms with van der Waals surface area (Å²) in [5.74, 6) is 0.828.